The second-order valence-electron chi connectivity index (χ2n) is 1.75. The van der Waals surface area contributed by atoms with E-state index in [1.807, 2.05) is 18.3 Å². The fourth-order valence-corrected chi connectivity index (χ4v) is 1.39. The quantitative estimate of drug-likeness (QED) is 0.564. The van der Waals surface area contributed by atoms with Crippen LogP contribution in [0.4, 0.5) is 0 Å². The van der Waals surface area contributed by atoms with Crippen molar-refractivity contribution in [2.75, 3.05) is 6.16 Å². The lowest BCUT2D eigenvalue weighted by molar-refractivity contribution is 1.38. The summed E-state index contributed by atoms with van der Waals surface area (Å²) in [4.78, 5) is 4.18. The zero-order chi connectivity index (χ0) is 6.53. The second-order valence-corrected chi connectivity index (χ2v) is 3.32. The van der Waals surface area contributed by atoms with E-state index < -0.39 is 0 Å². The van der Waals surface area contributed by atoms with E-state index in [9.17, 15) is 0 Å². The number of nitrogens with zero attached hydrogens (tertiary/aromatic N) is 1. The summed E-state index contributed by atoms with van der Waals surface area (Å²) in [6, 6.07) is 6.05. The van der Waals surface area contributed by atoms with Gasteiger partial charge in [-0.3, -0.25) is 4.98 Å². The average molecular weight is 139 g/mol. The molecular formula is C7H10NP. The highest BCUT2D eigenvalue weighted by Crippen LogP contribution is 2.04. The van der Waals surface area contributed by atoms with Crippen molar-refractivity contribution in [3.8, 4) is 0 Å². The molecule has 0 aromatic carbocycles. The molecule has 2 heteroatoms. The molecule has 1 atom stereocenters. The van der Waals surface area contributed by atoms with Crippen molar-refractivity contribution in [3.63, 3.8) is 0 Å². The van der Waals surface area contributed by atoms with Crippen molar-refractivity contribution in [2.45, 2.75) is 6.92 Å². The summed E-state index contributed by atoms with van der Waals surface area (Å²) in [5, 5.41) is 0. The Balaban J connectivity index is 2.61. The normalized spacial score (nSPS) is 10.8. The van der Waals surface area contributed by atoms with Crippen molar-refractivity contribution >= 4 is 14.0 Å². The van der Waals surface area contributed by atoms with E-state index in [0.717, 1.165) is 8.58 Å². The van der Waals surface area contributed by atoms with Crippen LogP contribution in [-0.2, 0) is 0 Å². The van der Waals surface area contributed by atoms with Crippen LogP contribution in [0.3, 0.4) is 0 Å². The summed E-state index contributed by atoms with van der Waals surface area (Å²) in [5.41, 5.74) is 1.22. The molecule has 1 nitrogen and oxygen atoms in total. The highest BCUT2D eigenvalue weighted by Gasteiger charge is 1.85. The maximum atomic E-state index is 4.18. The topological polar surface area (TPSA) is 12.9 Å². The molecular weight excluding hydrogens is 129 g/mol. The lowest BCUT2D eigenvalue weighted by Crippen LogP contribution is -1.97. The van der Waals surface area contributed by atoms with Crippen LogP contribution in [0.2, 0.25) is 0 Å². The van der Waals surface area contributed by atoms with E-state index in [1.54, 1.807) is 0 Å². The summed E-state index contributed by atoms with van der Waals surface area (Å²) in [5.74, 6) is 0. The van der Waals surface area contributed by atoms with Crippen LogP contribution in [0.25, 0.3) is 0 Å². The molecule has 1 aromatic rings. The molecule has 1 unspecified atom stereocenters. The summed E-state index contributed by atoms with van der Waals surface area (Å²) in [7, 11) is 0.876. The maximum Gasteiger partial charge on any atom is 0.0599 e. The van der Waals surface area contributed by atoms with Crippen LogP contribution in [-0.4, -0.2) is 11.1 Å². The summed E-state index contributed by atoms with van der Waals surface area (Å²) >= 11 is 0. The summed E-state index contributed by atoms with van der Waals surface area (Å²) in [6.45, 7) is 2.17. The van der Waals surface area contributed by atoms with Gasteiger partial charge in [0.2, 0.25) is 0 Å². The van der Waals surface area contributed by atoms with Gasteiger partial charge in [-0.05, 0) is 18.3 Å². The van der Waals surface area contributed by atoms with E-state index in [-0.39, 0.29) is 0 Å². The first kappa shape index (κ1) is 6.70. The van der Waals surface area contributed by atoms with Crippen molar-refractivity contribution in [2.24, 2.45) is 0 Å². The Hall–Kier alpha value is -0.420. The third-order valence-corrected chi connectivity index (χ3v) is 2.03. The lowest BCUT2D eigenvalue weighted by atomic mass is 10.5. The van der Waals surface area contributed by atoms with Gasteiger partial charge in [0.1, 0.15) is 0 Å². The SMILES string of the molecule is CCPc1ccccn1. The largest absolute Gasteiger partial charge is 0.257 e. The Labute approximate surface area is 57.3 Å². The number of hydrogen-bond donors (Lipinski definition) is 0. The zero-order valence-corrected chi connectivity index (χ0v) is 6.46. The Morgan fingerprint density at radius 3 is 3.00 bits per heavy atom. The Morgan fingerprint density at radius 1 is 1.56 bits per heavy atom. The first-order valence-corrected chi connectivity index (χ1v) is 4.29. The molecule has 1 heterocycles. The molecule has 0 spiro atoms. The zero-order valence-electron chi connectivity index (χ0n) is 5.46. The van der Waals surface area contributed by atoms with E-state index in [2.05, 4.69) is 18.0 Å². The Morgan fingerprint density at radius 2 is 2.44 bits per heavy atom. The second kappa shape index (κ2) is 3.58. The molecule has 48 valence electrons. The van der Waals surface area contributed by atoms with Crippen molar-refractivity contribution in [1.82, 2.24) is 4.98 Å². The Bertz CT molecular complexity index is 162. The minimum Gasteiger partial charge on any atom is -0.257 e. The van der Waals surface area contributed by atoms with Gasteiger partial charge in [0.05, 0.1) is 5.44 Å². The van der Waals surface area contributed by atoms with Crippen LogP contribution in [0.15, 0.2) is 24.4 Å². The summed E-state index contributed by atoms with van der Waals surface area (Å²) in [6.07, 6.45) is 3.05. The molecule has 0 aliphatic heterocycles. The highest BCUT2D eigenvalue weighted by molar-refractivity contribution is 7.46. The van der Waals surface area contributed by atoms with Gasteiger partial charge in [-0.25, -0.2) is 0 Å². The average Bonchev–Trinajstić information content (AvgIpc) is 1.91. The van der Waals surface area contributed by atoms with Crippen LogP contribution in [0.5, 0.6) is 0 Å². The predicted octanol–water partition coefficient (Wildman–Crippen LogP) is 1.41. The summed E-state index contributed by atoms with van der Waals surface area (Å²) < 4.78 is 0. The molecule has 0 fully saturated rings. The van der Waals surface area contributed by atoms with E-state index in [1.165, 1.54) is 11.6 Å². The maximum absolute atomic E-state index is 4.18. The molecule has 1 rings (SSSR count). The van der Waals surface area contributed by atoms with E-state index >= 15 is 0 Å². The van der Waals surface area contributed by atoms with Gasteiger partial charge in [0.25, 0.3) is 0 Å². The van der Waals surface area contributed by atoms with Gasteiger partial charge in [-0.15, -0.1) is 0 Å². The molecule has 0 bridgehead atoms. The van der Waals surface area contributed by atoms with E-state index in [4.69, 9.17) is 0 Å². The number of hydrogen-bond acceptors (Lipinski definition) is 1. The molecule has 9 heavy (non-hydrogen) atoms. The molecule has 0 radical (unpaired) electrons. The predicted molar refractivity (Wildman–Crippen MR) is 42.7 cm³/mol. The monoisotopic (exact) mass is 139 g/mol. The smallest absolute Gasteiger partial charge is 0.0599 e. The van der Waals surface area contributed by atoms with Crippen molar-refractivity contribution in [1.29, 1.82) is 0 Å². The van der Waals surface area contributed by atoms with Crippen LogP contribution in [0.1, 0.15) is 6.92 Å². The fourth-order valence-electron chi connectivity index (χ4n) is 0.648. The van der Waals surface area contributed by atoms with Gasteiger partial charge in [-0.2, -0.15) is 0 Å². The highest BCUT2D eigenvalue weighted by atomic mass is 31.1. The Kier molecular flexibility index (Phi) is 2.66. The fraction of sp³-hybridized carbons (Fsp3) is 0.286. The van der Waals surface area contributed by atoms with Gasteiger partial charge >= 0.3 is 0 Å². The van der Waals surface area contributed by atoms with Crippen molar-refractivity contribution in [3.05, 3.63) is 24.4 Å². The molecule has 0 aliphatic carbocycles. The molecule has 1 aromatic heterocycles. The number of aromatic nitrogens is 1. The first-order chi connectivity index (χ1) is 4.43. The van der Waals surface area contributed by atoms with Crippen molar-refractivity contribution < 1.29 is 0 Å². The van der Waals surface area contributed by atoms with Gasteiger partial charge in [0.15, 0.2) is 0 Å². The van der Waals surface area contributed by atoms with Crippen LogP contribution < -0.4 is 5.44 Å². The molecule has 0 saturated carbocycles. The third kappa shape index (κ3) is 2.11. The molecule has 0 saturated heterocycles. The van der Waals surface area contributed by atoms with E-state index in [0.29, 0.717) is 0 Å². The first-order valence-electron chi connectivity index (χ1n) is 3.08. The van der Waals surface area contributed by atoms with Crippen LogP contribution >= 0.6 is 8.58 Å². The lowest BCUT2D eigenvalue weighted by Gasteiger charge is -1.93. The van der Waals surface area contributed by atoms with Crippen LogP contribution in [0, 0.1) is 0 Å². The number of pyridine rings is 1. The molecule has 0 N–H and O–H groups in total. The molecule has 0 amide bonds. The minimum absolute atomic E-state index is 0.876. The standard InChI is InChI=1S/C7H10NP/c1-2-9-7-5-3-4-6-8-7/h3-6,9H,2H2,1H3. The van der Waals surface area contributed by atoms with Gasteiger partial charge in [-0.1, -0.05) is 21.6 Å². The van der Waals surface area contributed by atoms with Gasteiger partial charge < -0.3 is 0 Å². The van der Waals surface area contributed by atoms with Gasteiger partial charge in [0, 0.05) is 6.20 Å². The minimum atomic E-state index is 0.876. The number of rotatable bonds is 2. The third-order valence-electron chi connectivity index (χ3n) is 1.02. The molecule has 0 aliphatic rings.